The summed E-state index contributed by atoms with van der Waals surface area (Å²) >= 11 is 0. The van der Waals surface area contributed by atoms with Crippen LogP contribution in [0.4, 0.5) is 10.1 Å². The highest BCUT2D eigenvalue weighted by atomic mass is 19.1. The fraction of sp³-hybridized carbons (Fsp3) is 0.200. The number of carbonyl (C=O) groups is 2. The van der Waals surface area contributed by atoms with Crippen molar-refractivity contribution in [2.24, 2.45) is 5.92 Å². The van der Waals surface area contributed by atoms with Gasteiger partial charge in [-0.2, -0.15) is 0 Å². The smallest absolute Gasteiger partial charge is 0.335 e. The van der Waals surface area contributed by atoms with Crippen LogP contribution in [0, 0.1) is 11.7 Å². The number of benzene rings is 1. The highest BCUT2D eigenvalue weighted by Crippen LogP contribution is 2.48. The second-order valence-corrected chi connectivity index (χ2v) is 4.95. The second kappa shape index (κ2) is 5.05. The molecule has 1 aliphatic carbocycles. The molecule has 3 rings (SSSR count). The first-order chi connectivity index (χ1) is 10.1. The van der Waals surface area contributed by atoms with Gasteiger partial charge < -0.3 is 14.8 Å². The Hall–Kier alpha value is -2.63. The molecule has 2 N–H and O–H groups in total. The van der Waals surface area contributed by atoms with Crippen molar-refractivity contribution in [3.63, 3.8) is 0 Å². The predicted octanol–water partition coefficient (Wildman–Crippen LogP) is 2.86. The summed E-state index contributed by atoms with van der Waals surface area (Å²) in [6.45, 7) is 0. The Labute approximate surface area is 119 Å². The zero-order valence-electron chi connectivity index (χ0n) is 10.9. The zero-order chi connectivity index (χ0) is 15.0. The number of amides is 1. The third kappa shape index (κ3) is 2.65. The van der Waals surface area contributed by atoms with Gasteiger partial charge in [-0.1, -0.05) is 0 Å². The van der Waals surface area contributed by atoms with Gasteiger partial charge in [0.25, 0.3) is 0 Å². The molecule has 21 heavy (non-hydrogen) atoms. The summed E-state index contributed by atoms with van der Waals surface area (Å²) in [5.41, 5.74) is -0.199. The van der Waals surface area contributed by atoms with E-state index in [-0.39, 0.29) is 29.0 Å². The molecule has 1 amide bonds. The predicted molar refractivity (Wildman–Crippen MR) is 71.5 cm³/mol. The summed E-state index contributed by atoms with van der Waals surface area (Å²) < 4.78 is 18.9. The van der Waals surface area contributed by atoms with Crippen molar-refractivity contribution in [1.82, 2.24) is 0 Å². The van der Waals surface area contributed by atoms with Crippen molar-refractivity contribution < 1.29 is 23.5 Å². The monoisotopic (exact) mass is 289 g/mol. The van der Waals surface area contributed by atoms with Crippen LogP contribution in [0.25, 0.3) is 0 Å². The molecule has 108 valence electrons. The first-order valence-electron chi connectivity index (χ1n) is 6.43. The van der Waals surface area contributed by atoms with Crippen molar-refractivity contribution >= 4 is 17.6 Å². The average molecular weight is 289 g/mol. The molecule has 1 aliphatic rings. The van der Waals surface area contributed by atoms with E-state index in [1.165, 1.54) is 0 Å². The lowest BCUT2D eigenvalue weighted by molar-refractivity contribution is -0.117. The number of hydrogen-bond acceptors (Lipinski definition) is 3. The molecule has 0 bridgehead atoms. The van der Waals surface area contributed by atoms with Gasteiger partial charge in [-0.15, -0.1) is 0 Å². The van der Waals surface area contributed by atoms with Crippen LogP contribution in [0.2, 0.25) is 0 Å². The average Bonchev–Trinajstić information content (AvgIpc) is 3.07. The number of aromatic carboxylic acids is 1. The summed E-state index contributed by atoms with van der Waals surface area (Å²) in [5.74, 6) is -1.71. The Morgan fingerprint density at radius 2 is 2.14 bits per heavy atom. The Morgan fingerprint density at radius 3 is 2.81 bits per heavy atom. The summed E-state index contributed by atoms with van der Waals surface area (Å²) in [6, 6.07) is 6.83. The van der Waals surface area contributed by atoms with E-state index in [0.29, 0.717) is 6.42 Å². The van der Waals surface area contributed by atoms with Crippen molar-refractivity contribution in [1.29, 1.82) is 0 Å². The Bertz CT molecular complexity index is 696. The van der Waals surface area contributed by atoms with Crippen LogP contribution >= 0.6 is 0 Å². The fourth-order valence-corrected chi connectivity index (χ4v) is 2.28. The normalized spacial score (nSPS) is 20.0. The number of rotatable bonds is 4. The molecule has 2 atom stereocenters. The number of anilines is 1. The highest BCUT2D eigenvalue weighted by molar-refractivity contribution is 5.97. The molecule has 1 saturated carbocycles. The van der Waals surface area contributed by atoms with Crippen LogP contribution < -0.4 is 5.32 Å². The van der Waals surface area contributed by atoms with Crippen molar-refractivity contribution in [2.45, 2.75) is 12.3 Å². The first kappa shape index (κ1) is 13.4. The number of carbonyl (C=O) groups excluding carboxylic acids is 1. The van der Waals surface area contributed by atoms with Crippen molar-refractivity contribution in [3.05, 3.63) is 53.7 Å². The summed E-state index contributed by atoms with van der Waals surface area (Å²) in [6.07, 6.45) is 2.18. The van der Waals surface area contributed by atoms with Gasteiger partial charge in [0.2, 0.25) is 5.91 Å². The highest BCUT2D eigenvalue weighted by Gasteiger charge is 2.46. The molecule has 0 aliphatic heterocycles. The van der Waals surface area contributed by atoms with E-state index in [4.69, 9.17) is 9.52 Å². The van der Waals surface area contributed by atoms with Crippen LogP contribution in [-0.4, -0.2) is 17.0 Å². The summed E-state index contributed by atoms with van der Waals surface area (Å²) in [7, 11) is 0. The van der Waals surface area contributed by atoms with Gasteiger partial charge in [0.05, 0.1) is 17.5 Å². The molecule has 2 unspecified atom stereocenters. The largest absolute Gasteiger partial charge is 0.478 e. The molecule has 2 aromatic rings. The van der Waals surface area contributed by atoms with Crippen LogP contribution in [-0.2, 0) is 4.79 Å². The summed E-state index contributed by atoms with van der Waals surface area (Å²) in [5, 5.41) is 11.3. The molecule has 1 heterocycles. The lowest BCUT2D eigenvalue weighted by Crippen LogP contribution is -2.16. The van der Waals surface area contributed by atoms with Crippen LogP contribution in [0.5, 0.6) is 0 Å². The second-order valence-electron chi connectivity index (χ2n) is 4.95. The van der Waals surface area contributed by atoms with E-state index in [2.05, 4.69) is 5.32 Å². The number of carboxylic acid groups (broad SMARTS) is 1. The van der Waals surface area contributed by atoms with Crippen molar-refractivity contribution in [3.8, 4) is 0 Å². The number of halogens is 1. The minimum absolute atomic E-state index is 0.00529. The molecule has 0 radical (unpaired) electrons. The fourth-order valence-electron chi connectivity index (χ4n) is 2.28. The number of hydrogen-bond donors (Lipinski definition) is 2. The third-order valence-corrected chi connectivity index (χ3v) is 3.51. The Morgan fingerprint density at radius 1 is 1.33 bits per heavy atom. The maximum Gasteiger partial charge on any atom is 0.335 e. The SMILES string of the molecule is O=C(O)c1ccc(F)c(NC(=O)C2CC2c2ccco2)c1. The maximum atomic E-state index is 13.6. The van der Waals surface area contributed by atoms with Gasteiger partial charge in [-0.25, -0.2) is 9.18 Å². The van der Waals surface area contributed by atoms with Crippen molar-refractivity contribution in [2.75, 3.05) is 5.32 Å². The number of carboxylic acids is 1. The zero-order valence-corrected chi connectivity index (χ0v) is 10.9. The molecular weight excluding hydrogens is 277 g/mol. The van der Waals surface area contributed by atoms with E-state index < -0.39 is 11.8 Å². The molecule has 0 spiro atoms. The van der Waals surface area contributed by atoms with E-state index in [1.54, 1.807) is 18.4 Å². The van der Waals surface area contributed by atoms with Crippen LogP contribution in [0.15, 0.2) is 41.0 Å². The minimum atomic E-state index is -1.18. The Kier molecular flexibility index (Phi) is 3.21. The van der Waals surface area contributed by atoms with Gasteiger partial charge in [0.1, 0.15) is 11.6 Å². The van der Waals surface area contributed by atoms with Gasteiger partial charge in [0.15, 0.2) is 0 Å². The lowest BCUT2D eigenvalue weighted by atomic mass is 10.2. The van der Waals surface area contributed by atoms with Gasteiger partial charge in [-0.05, 0) is 36.8 Å². The van der Waals surface area contributed by atoms with Crippen LogP contribution in [0.3, 0.4) is 0 Å². The number of furan rings is 1. The van der Waals surface area contributed by atoms with Gasteiger partial charge >= 0.3 is 5.97 Å². The van der Waals surface area contributed by atoms with E-state index >= 15 is 0 Å². The van der Waals surface area contributed by atoms with Crippen LogP contribution in [0.1, 0.15) is 28.5 Å². The molecule has 1 aromatic heterocycles. The lowest BCUT2D eigenvalue weighted by Gasteiger charge is -2.07. The number of nitrogens with one attached hydrogen (secondary N) is 1. The molecule has 0 saturated heterocycles. The maximum absolute atomic E-state index is 13.6. The molecule has 6 heteroatoms. The van der Waals surface area contributed by atoms with E-state index in [1.807, 2.05) is 0 Å². The molecule has 1 fully saturated rings. The summed E-state index contributed by atoms with van der Waals surface area (Å²) in [4.78, 5) is 22.9. The molecule has 5 nitrogen and oxygen atoms in total. The Balaban J connectivity index is 1.71. The topological polar surface area (TPSA) is 79.5 Å². The van der Waals surface area contributed by atoms with E-state index in [0.717, 1.165) is 24.0 Å². The van der Waals surface area contributed by atoms with Gasteiger partial charge in [-0.3, -0.25) is 4.79 Å². The quantitative estimate of drug-likeness (QED) is 0.907. The first-order valence-corrected chi connectivity index (χ1v) is 6.43. The minimum Gasteiger partial charge on any atom is -0.478 e. The standard InChI is InChI=1S/C15H12FNO4/c16-11-4-3-8(15(19)20)6-12(11)17-14(18)10-7-9(10)13-2-1-5-21-13/h1-6,9-10H,7H2,(H,17,18)(H,19,20). The molecule has 1 aromatic carbocycles. The molecular formula is C15H12FNO4. The third-order valence-electron chi connectivity index (χ3n) is 3.51. The van der Waals surface area contributed by atoms with E-state index in [9.17, 15) is 14.0 Å². The van der Waals surface area contributed by atoms with Gasteiger partial charge in [0, 0.05) is 11.8 Å².